The van der Waals surface area contributed by atoms with Crippen molar-refractivity contribution in [1.29, 1.82) is 0 Å². The summed E-state index contributed by atoms with van der Waals surface area (Å²) in [6.07, 6.45) is 8.94. The zero-order chi connectivity index (χ0) is 23.3. The Morgan fingerprint density at radius 2 is 1.85 bits per heavy atom. The minimum absolute atomic E-state index is 0.0948. The number of benzene rings is 1. The number of hydrogen-bond acceptors (Lipinski definition) is 5. The van der Waals surface area contributed by atoms with Crippen molar-refractivity contribution >= 4 is 11.8 Å². The van der Waals surface area contributed by atoms with Crippen molar-refractivity contribution in [2.75, 3.05) is 6.79 Å². The van der Waals surface area contributed by atoms with Gasteiger partial charge in [-0.3, -0.25) is 14.3 Å². The summed E-state index contributed by atoms with van der Waals surface area (Å²) in [7, 11) is 0. The van der Waals surface area contributed by atoms with Crippen LogP contribution in [0.4, 0.5) is 0 Å². The van der Waals surface area contributed by atoms with Crippen LogP contribution in [-0.2, 0) is 17.9 Å². The van der Waals surface area contributed by atoms with E-state index in [0.717, 1.165) is 49.8 Å². The van der Waals surface area contributed by atoms with E-state index in [0.29, 0.717) is 36.2 Å². The second-order valence-corrected chi connectivity index (χ2v) is 10.4. The molecular weight excluding hydrogens is 432 g/mol. The average molecular weight is 465 g/mol. The van der Waals surface area contributed by atoms with E-state index in [4.69, 9.17) is 14.6 Å². The lowest BCUT2D eigenvalue weighted by molar-refractivity contribution is -0.134. The number of ether oxygens (including phenoxy) is 2. The van der Waals surface area contributed by atoms with E-state index < -0.39 is 5.54 Å². The van der Waals surface area contributed by atoms with Gasteiger partial charge in [0.25, 0.3) is 5.91 Å². The summed E-state index contributed by atoms with van der Waals surface area (Å²) in [5.41, 5.74) is 1.41. The van der Waals surface area contributed by atoms with Gasteiger partial charge in [-0.25, -0.2) is 0 Å². The molecule has 1 atom stereocenters. The van der Waals surface area contributed by atoms with Gasteiger partial charge >= 0.3 is 0 Å². The number of nitrogens with zero attached hydrogens (tertiary/aromatic N) is 3. The molecule has 2 fully saturated rings. The Kier molecular flexibility index (Phi) is 5.26. The molecule has 34 heavy (non-hydrogen) atoms. The molecule has 1 aromatic heterocycles. The fourth-order valence-corrected chi connectivity index (χ4v) is 5.47. The van der Waals surface area contributed by atoms with Gasteiger partial charge in [-0.1, -0.05) is 31.7 Å². The first kappa shape index (κ1) is 21.5. The van der Waals surface area contributed by atoms with Gasteiger partial charge in [0.05, 0.1) is 12.2 Å². The smallest absolute Gasteiger partial charge is 0.273 e. The Labute approximate surface area is 199 Å². The van der Waals surface area contributed by atoms with Gasteiger partial charge in [0.15, 0.2) is 11.5 Å². The van der Waals surface area contributed by atoms with E-state index in [-0.39, 0.29) is 24.6 Å². The maximum Gasteiger partial charge on any atom is 0.273 e. The molecule has 2 amide bonds. The number of fused-ring (bicyclic) bond motifs is 2. The van der Waals surface area contributed by atoms with E-state index in [1.54, 1.807) is 9.58 Å². The van der Waals surface area contributed by atoms with E-state index >= 15 is 0 Å². The summed E-state index contributed by atoms with van der Waals surface area (Å²) in [5, 5.41) is 8.05. The van der Waals surface area contributed by atoms with Crippen molar-refractivity contribution in [2.45, 2.75) is 88.9 Å². The quantitative estimate of drug-likeness (QED) is 0.682. The van der Waals surface area contributed by atoms with Crippen LogP contribution in [-0.4, -0.2) is 44.9 Å². The highest BCUT2D eigenvalue weighted by Crippen LogP contribution is 2.41. The molecule has 0 spiro atoms. The van der Waals surface area contributed by atoms with Gasteiger partial charge in [-0.2, -0.15) is 5.10 Å². The third-order valence-electron chi connectivity index (χ3n) is 7.77. The van der Waals surface area contributed by atoms with Gasteiger partial charge in [-0.15, -0.1) is 0 Å². The van der Waals surface area contributed by atoms with E-state index in [1.165, 1.54) is 12.8 Å². The molecule has 2 saturated carbocycles. The fourth-order valence-electron chi connectivity index (χ4n) is 5.47. The molecule has 0 saturated heterocycles. The zero-order valence-electron chi connectivity index (χ0n) is 19.7. The second-order valence-electron chi connectivity index (χ2n) is 10.4. The van der Waals surface area contributed by atoms with Gasteiger partial charge in [-0.05, 0) is 56.4 Å². The standard InChI is InChI=1S/C26H32N4O4/c1-26(25(32)27-19-6-4-2-3-5-7-19)15-30-21(13-20(28-30)18-9-10-18)24(31)29(26)14-17-8-11-22-23(12-17)34-16-33-22/h8,11-13,18-19H,2-7,9-10,14-16H2,1H3,(H,27,32)/t26-/m1/s1. The van der Waals surface area contributed by atoms with Crippen LogP contribution in [0.3, 0.4) is 0 Å². The highest BCUT2D eigenvalue weighted by Gasteiger charge is 2.49. The molecule has 6 rings (SSSR count). The van der Waals surface area contributed by atoms with Gasteiger partial charge in [0, 0.05) is 18.5 Å². The van der Waals surface area contributed by atoms with Crippen LogP contribution in [0.15, 0.2) is 24.3 Å². The van der Waals surface area contributed by atoms with Crippen LogP contribution in [0.25, 0.3) is 0 Å². The Bertz CT molecular complexity index is 1120. The lowest BCUT2D eigenvalue weighted by Crippen LogP contribution is -2.64. The molecule has 8 nitrogen and oxygen atoms in total. The number of nitrogens with one attached hydrogen (secondary N) is 1. The molecule has 2 aliphatic carbocycles. The summed E-state index contributed by atoms with van der Waals surface area (Å²) in [5.74, 6) is 1.58. The first-order valence-corrected chi connectivity index (χ1v) is 12.6. The second kappa shape index (κ2) is 8.32. The highest BCUT2D eigenvalue weighted by molar-refractivity contribution is 5.99. The van der Waals surface area contributed by atoms with E-state index in [2.05, 4.69) is 5.32 Å². The van der Waals surface area contributed by atoms with Crippen LogP contribution in [0.5, 0.6) is 11.5 Å². The van der Waals surface area contributed by atoms with Crippen LogP contribution >= 0.6 is 0 Å². The highest BCUT2D eigenvalue weighted by atomic mass is 16.7. The van der Waals surface area contributed by atoms with Crippen LogP contribution in [0.2, 0.25) is 0 Å². The molecule has 1 aromatic carbocycles. The predicted molar refractivity (Wildman–Crippen MR) is 125 cm³/mol. The summed E-state index contributed by atoms with van der Waals surface area (Å²) in [6, 6.07) is 7.79. The Hall–Kier alpha value is -3.03. The molecule has 1 N–H and O–H groups in total. The van der Waals surface area contributed by atoms with Crippen molar-refractivity contribution in [3.63, 3.8) is 0 Å². The molecular formula is C26H32N4O4. The third-order valence-corrected chi connectivity index (χ3v) is 7.77. The maximum absolute atomic E-state index is 13.8. The minimum atomic E-state index is -1.04. The van der Waals surface area contributed by atoms with Gasteiger partial charge < -0.3 is 19.7 Å². The average Bonchev–Trinajstić information content (AvgIpc) is 3.51. The summed E-state index contributed by atoms with van der Waals surface area (Å²) in [6.45, 7) is 2.75. The Morgan fingerprint density at radius 1 is 1.09 bits per heavy atom. The van der Waals surface area contributed by atoms with Crippen molar-refractivity contribution in [2.24, 2.45) is 0 Å². The SMILES string of the molecule is C[C@]1(C(=O)NC2CCCCCC2)Cn2nc(C3CC3)cc2C(=O)N1Cc1ccc2c(c1)OCO2. The van der Waals surface area contributed by atoms with Crippen LogP contribution in [0, 0.1) is 0 Å². The summed E-state index contributed by atoms with van der Waals surface area (Å²) in [4.78, 5) is 29.3. The summed E-state index contributed by atoms with van der Waals surface area (Å²) >= 11 is 0. The third kappa shape index (κ3) is 3.83. The fraction of sp³-hybridized carbons (Fsp3) is 0.577. The number of carbonyl (C=O) groups is 2. The Morgan fingerprint density at radius 3 is 2.62 bits per heavy atom. The first-order valence-electron chi connectivity index (χ1n) is 12.6. The molecule has 3 heterocycles. The molecule has 4 aliphatic rings. The molecule has 180 valence electrons. The van der Waals surface area contributed by atoms with E-state index in [9.17, 15) is 9.59 Å². The number of rotatable bonds is 5. The molecule has 0 unspecified atom stereocenters. The number of amides is 2. The molecule has 0 bridgehead atoms. The van der Waals surface area contributed by atoms with Gasteiger partial charge in [0.1, 0.15) is 11.2 Å². The largest absolute Gasteiger partial charge is 0.454 e. The van der Waals surface area contributed by atoms with Crippen molar-refractivity contribution in [1.82, 2.24) is 20.0 Å². The van der Waals surface area contributed by atoms with Crippen LogP contribution < -0.4 is 14.8 Å². The lowest BCUT2D eigenvalue weighted by atomic mass is 9.93. The topological polar surface area (TPSA) is 85.7 Å². The molecule has 2 aliphatic heterocycles. The number of carbonyl (C=O) groups excluding carboxylic acids is 2. The van der Waals surface area contributed by atoms with Crippen LogP contribution in [0.1, 0.15) is 86.0 Å². The lowest BCUT2D eigenvalue weighted by Gasteiger charge is -2.44. The zero-order valence-corrected chi connectivity index (χ0v) is 19.7. The van der Waals surface area contributed by atoms with Crippen molar-refractivity contribution in [3.05, 3.63) is 41.2 Å². The molecule has 0 radical (unpaired) electrons. The monoisotopic (exact) mass is 464 g/mol. The molecule has 8 heteroatoms. The summed E-state index contributed by atoms with van der Waals surface area (Å²) < 4.78 is 12.7. The van der Waals surface area contributed by atoms with Crippen molar-refractivity contribution in [3.8, 4) is 11.5 Å². The number of aromatic nitrogens is 2. The van der Waals surface area contributed by atoms with Crippen molar-refractivity contribution < 1.29 is 19.1 Å². The van der Waals surface area contributed by atoms with Gasteiger partial charge in [0.2, 0.25) is 12.7 Å². The first-order chi connectivity index (χ1) is 16.5. The minimum Gasteiger partial charge on any atom is -0.454 e. The Balaban J connectivity index is 1.32. The number of hydrogen-bond donors (Lipinski definition) is 1. The normalized spacial score (nSPS) is 24.6. The predicted octanol–water partition coefficient (Wildman–Crippen LogP) is 3.74. The maximum atomic E-state index is 13.8. The molecule has 2 aromatic rings. The van der Waals surface area contributed by atoms with E-state index in [1.807, 2.05) is 31.2 Å².